The third kappa shape index (κ3) is 23.8. The van der Waals surface area contributed by atoms with Crippen molar-refractivity contribution in [3.63, 3.8) is 0 Å². The SMILES string of the molecule is CCCCCCCCCC(=O)NCC(=O)N[C@H](C(=O)NCCC[C@@H](CC(=O)OC)NC(=O)CCCCCCCCC)C(C)C. The Morgan fingerprint density at radius 3 is 1.66 bits per heavy atom. The van der Waals surface area contributed by atoms with Crippen LogP contribution in [-0.2, 0) is 28.7 Å². The number of methoxy groups -OCH3 is 1. The summed E-state index contributed by atoms with van der Waals surface area (Å²) in [6, 6.07) is -1.11. The number of amides is 4. The molecule has 0 fully saturated rings. The monoisotopic (exact) mass is 624 g/mol. The van der Waals surface area contributed by atoms with Crippen molar-refractivity contribution in [2.75, 3.05) is 20.2 Å². The van der Waals surface area contributed by atoms with Gasteiger partial charge in [-0.15, -0.1) is 0 Å². The van der Waals surface area contributed by atoms with Gasteiger partial charge in [0.1, 0.15) is 6.04 Å². The Morgan fingerprint density at radius 1 is 0.614 bits per heavy atom. The third-order valence-corrected chi connectivity index (χ3v) is 7.76. The quantitative estimate of drug-likeness (QED) is 0.0672. The zero-order valence-corrected chi connectivity index (χ0v) is 28.5. The summed E-state index contributed by atoms with van der Waals surface area (Å²) < 4.78 is 4.80. The van der Waals surface area contributed by atoms with Gasteiger partial charge >= 0.3 is 5.97 Å². The van der Waals surface area contributed by atoms with E-state index in [-0.39, 0.29) is 42.6 Å². The minimum atomic E-state index is -0.741. The van der Waals surface area contributed by atoms with Crippen LogP contribution in [0.5, 0.6) is 0 Å². The van der Waals surface area contributed by atoms with Crippen molar-refractivity contribution in [3.8, 4) is 0 Å². The summed E-state index contributed by atoms with van der Waals surface area (Å²) in [4.78, 5) is 61.8. The highest BCUT2D eigenvalue weighted by Gasteiger charge is 2.24. The van der Waals surface area contributed by atoms with E-state index in [1.807, 2.05) is 13.8 Å². The number of esters is 1. The van der Waals surface area contributed by atoms with E-state index in [0.717, 1.165) is 38.5 Å². The van der Waals surface area contributed by atoms with E-state index in [1.54, 1.807) is 0 Å². The van der Waals surface area contributed by atoms with Crippen LogP contribution < -0.4 is 21.3 Å². The second kappa shape index (κ2) is 27.9. The summed E-state index contributed by atoms with van der Waals surface area (Å²) in [7, 11) is 1.32. The summed E-state index contributed by atoms with van der Waals surface area (Å²) in [6.07, 6.45) is 17.6. The maximum Gasteiger partial charge on any atom is 0.307 e. The average molecular weight is 625 g/mol. The number of hydrogen-bond acceptors (Lipinski definition) is 6. The van der Waals surface area contributed by atoms with Crippen molar-refractivity contribution in [2.45, 2.75) is 162 Å². The van der Waals surface area contributed by atoms with E-state index >= 15 is 0 Å². The number of rotatable bonds is 28. The Morgan fingerprint density at radius 2 is 1.14 bits per heavy atom. The summed E-state index contributed by atoms with van der Waals surface area (Å²) in [6.45, 7) is 8.23. The molecule has 10 heteroatoms. The van der Waals surface area contributed by atoms with Crippen LogP contribution in [0.15, 0.2) is 0 Å². The Hall–Kier alpha value is -2.65. The van der Waals surface area contributed by atoms with Gasteiger partial charge < -0.3 is 26.0 Å². The van der Waals surface area contributed by atoms with Gasteiger partial charge in [-0.25, -0.2) is 0 Å². The number of nitrogens with one attached hydrogen (secondary N) is 4. The smallest absolute Gasteiger partial charge is 0.307 e. The third-order valence-electron chi connectivity index (χ3n) is 7.76. The lowest BCUT2D eigenvalue weighted by molar-refractivity contribution is -0.141. The fourth-order valence-electron chi connectivity index (χ4n) is 4.99. The predicted octanol–water partition coefficient (Wildman–Crippen LogP) is 5.47. The Bertz CT molecular complexity index is 805. The second-order valence-electron chi connectivity index (χ2n) is 12.3. The molecule has 0 saturated carbocycles. The van der Waals surface area contributed by atoms with Crippen LogP contribution in [0.25, 0.3) is 0 Å². The summed E-state index contributed by atoms with van der Waals surface area (Å²) in [5.74, 6) is -1.50. The van der Waals surface area contributed by atoms with E-state index in [4.69, 9.17) is 4.74 Å². The van der Waals surface area contributed by atoms with Gasteiger partial charge in [-0.05, 0) is 31.6 Å². The van der Waals surface area contributed by atoms with Crippen LogP contribution in [-0.4, -0.2) is 61.9 Å². The first-order valence-corrected chi connectivity index (χ1v) is 17.3. The number of carbonyl (C=O) groups excluding carboxylic acids is 5. The molecule has 0 saturated heterocycles. The molecule has 0 aliphatic heterocycles. The standard InChI is InChI=1S/C34H64N4O6/c1-6-8-10-12-14-16-18-22-29(39)36-26-31(41)38-33(27(3)4)34(43)35-24-20-21-28(25-32(42)44-5)37-30(40)23-19-17-15-13-11-9-7-2/h27-28,33H,6-26H2,1-5H3,(H,35,43)(H,36,39)(H,37,40)(H,38,41)/t28-,33-/m0/s1. The van der Waals surface area contributed by atoms with Gasteiger partial charge in [0.2, 0.25) is 23.6 Å². The number of unbranched alkanes of at least 4 members (excludes halogenated alkanes) is 12. The van der Waals surface area contributed by atoms with Gasteiger partial charge in [-0.3, -0.25) is 24.0 Å². The van der Waals surface area contributed by atoms with Gasteiger partial charge in [0.05, 0.1) is 20.1 Å². The Balaban J connectivity index is 4.46. The van der Waals surface area contributed by atoms with Crippen LogP contribution in [0.1, 0.15) is 150 Å². The lowest BCUT2D eigenvalue weighted by atomic mass is 10.0. The molecule has 0 bridgehead atoms. The zero-order valence-electron chi connectivity index (χ0n) is 28.5. The lowest BCUT2D eigenvalue weighted by Crippen LogP contribution is -2.52. The molecule has 4 amide bonds. The highest BCUT2D eigenvalue weighted by molar-refractivity contribution is 5.90. The van der Waals surface area contributed by atoms with Crippen molar-refractivity contribution < 1.29 is 28.7 Å². The van der Waals surface area contributed by atoms with E-state index in [1.165, 1.54) is 58.5 Å². The molecule has 2 atom stereocenters. The molecule has 0 heterocycles. The van der Waals surface area contributed by atoms with Crippen molar-refractivity contribution in [1.29, 1.82) is 0 Å². The topological polar surface area (TPSA) is 143 Å². The minimum absolute atomic E-state index is 0.0720. The van der Waals surface area contributed by atoms with E-state index in [2.05, 4.69) is 35.1 Å². The van der Waals surface area contributed by atoms with Crippen molar-refractivity contribution >= 4 is 29.6 Å². The molecular formula is C34H64N4O6. The fraction of sp³-hybridized carbons (Fsp3) is 0.853. The molecule has 0 aromatic rings. The van der Waals surface area contributed by atoms with E-state index in [9.17, 15) is 24.0 Å². The second-order valence-corrected chi connectivity index (χ2v) is 12.3. The van der Waals surface area contributed by atoms with Crippen molar-refractivity contribution in [3.05, 3.63) is 0 Å². The molecule has 0 aromatic carbocycles. The van der Waals surface area contributed by atoms with Crippen molar-refractivity contribution in [1.82, 2.24) is 21.3 Å². The van der Waals surface area contributed by atoms with E-state index in [0.29, 0.717) is 32.2 Å². The first-order chi connectivity index (χ1) is 21.1. The van der Waals surface area contributed by atoms with Crippen LogP contribution in [0.2, 0.25) is 0 Å². The summed E-state index contributed by atoms with van der Waals surface area (Å²) >= 11 is 0. The van der Waals surface area contributed by atoms with Gasteiger partial charge in [0.15, 0.2) is 0 Å². The predicted molar refractivity (Wildman–Crippen MR) is 176 cm³/mol. The molecule has 0 rings (SSSR count). The van der Waals surface area contributed by atoms with Gasteiger partial charge in [-0.2, -0.15) is 0 Å². The minimum Gasteiger partial charge on any atom is -0.469 e. The normalized spacial score (nSPS) is 12.3. The van der Waals surface area contributed by atoms with Gasteiger partial charge in [-0.1, -0.05) is 105 Å². The van der Waals surface area contributed by atoms with Crippen LogP contribution in [0.4, 0.5) is 0 Å². The number of ether oxygens (including phenoxy) is 1. The number of carbonyl (C=O) groups is 5. The molecule has 44 heavy (non-hydrogen) atoms. The molecule has 0 aliphatic rings. The Labute approximate surface area is 267 Å². The first-order valence-electron chi connectivity index (χ1n) is 17.3. The molecule has 0 spiro atoms. The van der Waals surface area contributed by atoms with Gasteiger partial charge in [0.25, 0.3) is 0 Å². The molecule has 10 nitrogen and oxygen atoms in total. The van der Waals surface area contributed by atoms with Crippen LogP contribution in [0, 0.1) is 5.92 Å². The van der Waals surface area contributed by atoms with Crippen LogP contribution in [0.3, 0.4) is 0 Å². The van der Waals surface area contributed by atoms with Gasteiger partial charge in [0, 0.05) is 25.4 Å². The molecule has 0 aromatic heterocycles. The molecule has 0 aliphatic carbocycles. The number of hydrogen-bond donors (Lipinski definition) is 4. The molecular weight excluding hydrogens is 560 g/mol. The lowest BCUT2D eigenvalue weighted by Gasteiger charge is -2.22. The molecule has 256 valence electrons. The highest BCUT2D eigenvalue weighted by atomic mass is 16.5. The first kappa shape index (κ1) is 41.4. The Kier molecular flexibility index (Phi) is 26.2. The molecule has 0 unspecified atom stereocenters. The highest BCUT2D eigenvalue weighted by Crippen LogP contribution is 2.11. The largest absolute Gasteiger partial charge is 0.469 e. The zero-order chi connectivity index (χ0) is 33.0. The maximum atomic E-state index is 12.8. The van der Waals surface area contributed by atoms with E-state index < -0.39 is 17.9 Å². The van der Waals surface area contributed by atoms with Crippen molar-refractivity contribution in [2.24, 2.45) is 5.92 Å². The van der Waals surface area contributed by atoms with Crippen LogP contribution >= 0.6 is 0 Å². The summed E-state index contributed by atoms with van der Waals surface area (Å²) in [5, 5.41) is 11.2. The molecule has 4 N–H and O–H groups in total. The molecule has 0 radical (unpaired) electrons. The maximum absolute atomic E-state index is 12.8. The summed E-state index contributed by atoms with van der Waals surface area (Å²) in [5.41, 5.74) is 0. The average Bonchev–Trinajstić information content (AvgIpc) is 2.99. The fourth-order valence-corrected chi connectivity index (χ4v) is 4.99.